The quantitative estimate of drug-likeness (QED) is 0.162. The van der Waals surface area contributed by atoms with Crippen molar-refractivity contribution in [1.29, 1.82) is 0 Å². The van der Waals surface area contributed by atoms with E-state index in [4.69, 9.17) is 19.4 Å². The lowest BCUT2D eigenvalue weighted by Crippen LogP contribution is -2.07. The maximum Gasteiger partial charge on any atom is 0.238 e. The van der Waals surface area contributed by atoms with Crippen LogP contribution in [0.5, 0.6) is 0 Å². The summed E-state index contributed by atoms with van der Waals surface area (Å²) >= 11 is 0. The molecule has 0 aliphatic heterocycles. The van der Waals surface area contributed by atoms with Crippen LogP contribution in [0.15, 0.2) is 229 Å². The zero-order valence-corrected chi connectivity index (χ0v) is 37.0. The van der Waals surface area contributed by atoms with Crippen molar-refractivity contribution in [1.82, 2.24) is 24.1 Å². The monoisotopic (exact) mass is 879 g/mol. The summed E-state index contributed by atoms with van der Waals surface area (Å²) in [5.41, 5.74) is 10.8. The number of benzene rings is 11. The first kappa shape index (κ1) is 37.8. The standard InChI is InChI=1S/C63H37N5O/c1-2-17-38(18-3-1)61-64-62(52-28-16-27-51-48-26-11-15-32-57(48)69-60(51)52)66-63(65-61)68-56-31-14-10-25-47(56)50-36-35-49-46-24-9-13-30-55(46)67(58(49)59(50)68)54-29-12-8-19-40(54)39-33-34-45-43-22-5-4-20-41(43)42-21-6-7-23-44(42)53(45)37-39/h1-37H. The summed E-state index contributed by atoms with van der Waals surface area (Å²) in [6.07, 6.45) is 0. The lowest BCUT2D eigenvalue weighted by molar-refractivity contribution is 0.669. The topological polar surface area (TPSA) is 61.7 Å². The van der Waals surface area contributed by atoms with Crippen LogP contribution in [0.1, 0.15) is 0 Å². The van der Waals surface area contributed by atoms with Crippen LogP contribution in [0.2, 0.25) is 0 Å². The SMILES string of the molecule is c1ccc(-c2nc(-c3cccc4c3oc3ccccc34)nc(-n3c4ccccc4c4ccc5c6ccccc6n(-c6ccccc6-c6ccc7c8ccccc8c8ccccc8c7c6)c5c43)n2)cc1. The van der Waals surface area contributed by atoms with Crippen molar-refractivity contribution < 1.29 is 4.42 Å². The third-order valence-electron chi connectivity index (χ3n) is 14.2. The van der Waals surface area contributed by atoms with Crippen LogP contribution >= 0.6 is 0 Å². The average Bonchev–Trinajstić information content (AvgIpc) is 4.09. The first-order valence-electron chi connectivity index (χ1n) is 23.4. The third kappa shape index (κ3) is 5.51. The van der Waals surface area contributed by atoms with Gasteiger partial charge in [0.2, 0.25) is 5.95 Å². The molecule has 0 aliphatic rings. The Labute approximate surface area is 394 Å². The Morgan fingerprint density at radius 2 is 0.812 bits per heavy atom. The second kappa shape index (κ2) is 14.6. The predicted octanol–water partition coefficient (Wildman–Crippen LogP) is 16.4. The molecule has 0 unspecified atom stereocenters. The van der Waals surface area contributed by atoms with Gasteiger partial charge in [0.25, 0.3) is 0 Å². The number of rotatable bonds is 5. The van der Waals surface area contributed by atoms with E-state index in [2.05, 4.69) is 197 Å². The molecule has 0 bridgehead atoms. The second-order valence-electron chi connectivity index (χ2n) is 17.9. The highest BCUT2D eigenvalue weighted by Gasteiger charge is 2.25. The largest absolute Gasteiger partial charge is 0.455 e. The van der Waals surface area contributed by atoms with Gasteiger partial charge < -0.3 is 8.98 Å². The number of hydrogen-bond acceptors (Lipinski definition) is 4. The minimum atomic E-state index is 0.518. The van der Waals surface area contributed by atoms with E-state index >= 15 is 0 Å². The van der Waals surface area contributed by atoms with Gasteiger partial charge in [0, 0.05) is 43.4 Å². The molecular formula is C63H37N5O. The molecule has 0 saturated heterocycles. The fourth-order valence-corrected chi connectivity index (χ4v) is 11.2. The van der Waals surface area contributed by atoms with E-state index in [0.717, 1.165) is 93.5 Å². The molecule has 15 aromatic rings. The number of nitrogens with zero attached hydrogens (tertiary/aromatic N) is 5. The highest BCUT2D eigenvalue weighted by atomic mass is 16.3. The van der Waals surface area contributed by atoms with E-state index in [0.29, 0.717) is 17.6 Å². The Hall–Kier alpha value is -9.39. The summed E-state index contributed by atoms with van der Waals surface area (Å²) in [6.45, 7) is 0. The van der Waals surface area contributed by atoms with E-state index in [9.17, 15) is 0 Å². The summed E-state index contributed by atoms with van der Waals surface area (Å²) < 4.78 is 11.3. The van der Waals surface area contributed by atoms with Crippen LogP contribution in [0, 0.1) is 0 Å². The van der Waals surface area contributed by atoms with Crippen LogP contribution in [-0.4, -0.2) is 24.1 Å². The Morgan fingerprint density at radius 1 is 0.304 bits per heavy atom. The Bertz CT molecular complexity index is 4580. The van der Waals surface area contributed by atoms with Gasteiger partial charge in [-0.15, -0.1) is 0 Å². The van der Waals surface area contributed by atoms with E-state index < -0.39 is 0 Å². The second-order valence-corrected chi connectivity index (χ2v) is 17.9. The summed E-state index contributed by atoms with van der Waals surface area (Å²) in [5.74, 6) is 1.62. The fraction of sp³-hybridized carbons (Fsp3) is 0. The summed E-state index contributed by atoms with van der Waals surface area (Å²) in [4.78, 5) is 16.1. The number of fused-ring (bicyclic) bond motifs is 16. The van der Waals surface area contributed by atoms with E-state index in [-0.39, 0.29) is 0 Å². The molecule has 15 rings (SSSR count). The van der Waals surface area contributed by atoms with Gasteiger partial charge in [0.1, 0.15) is 11.2 Å². The van der Waals surface area contributed by atoms with Gasteiger partial charge >= 0.3 is 0 Å². The summed E-state index contributed by atoms with van der Waals surface area (Å²) in [6, 6.07) is 79.9. The van der Waals surface area contributed by atoms with Crippen LogP contribution in [0.3, 0.4) is 0 Å². The molecule has 0 N–H and O–H groups in total. The molecule has 0 spiro atoms. The highest BCUT2D eigenvalue weighted by Crippen LogP contribution is 2.45. The fourth-order valence-electron chi connectivity index (χ4n) is 11.2. The molecule has 4 aromatic heterocycles. The van der Waals surface area contributed by atoms with Gasteiger partial charge in [-0.2, -0.15) is 9.97 Å². The Morgan fingerprint density at radius 3 is 1.54 bits per heavy atom. The molecule has 69 heavy (non-hydrogen) atoms. The third-order valence-corrected chi connectivity index (χ3v) is 14.2. The van der Waals surface area contributed by atoms with Crippen molar-refractivity contribution in [2.45, 2.75) is 0 Å². The lowest BCUT2D eigenvalue weighted by Gasteiger charge is -2.17. The number of hydrogen-bond donors (Lipinski definition) is 0. The van der Waals surface area contributed by atoms with E-state index in [1.54, 1.807) is 0 Å². The maximum atomic E-state index is 6.61. The molecule has 4 heterocycles. The molecule has 0 radical (unpaired) electrons. The van der Waals surface area contributed by atoms with Crippen molar-refractivity contribution in [2.75, 3.05) is 0 Å². The van der Waals surface area contributed by atoms with Crippen molar-refractivity contribution in [3.05, 3.63) is 224 Å². The molecule has 0 fully saturated rings. The van der Waals surface area contributed by atoms with Gasteiger partial charge in [-0.05, 0) is 74.3 Å². The molecule has 11 aromatic carbocycles. The molecule has 6 nitrogen and oxygen atoms in total. The lowest BCUT2D eigenvalue weighted by atomic mass is 9.92. The first-order chi connectivity index (χ1) is 34.2. The molecule has 0 atom stereocenters. The number of para-hydroxylation sites is 5. The van der Waals surface area contributed by atoms with Gasteiger partial charge in [-0.3, -0.25) is 4.57 Å². The molecule has 0 aliphatic carbocycles. The maximum absolute atomic E-state index is 6.61. The van der Waals surface area contributed by atoms with Crippen LogP contribution < -0.4 is 0 Å². The molecule has 320 valence electrons. The van der Waals surface area contributed by atoms with Gasteiger partial charge in [0.05, 0.1) is 33.3 Å². The first-order valence-corrected chi connectivity index (χ1v) is 23.4. The average molecular weight is 880 g/mol. The smallest absolute Gasteiger partial charge is 0.238 e. The highest BCUT2D eigenvalue weighted by molar-refractivity contribution is 6.26. The van der Waals surface area contributed by atoms with Crippen molar-refractivity contribution in [3.8, 4) is 45.5 Å². The van der Waals surface area contributed by atoms with E-state index in [1.807, 2.05) is 36.4 Å². The van der Waals surface area contributed by atoms with Crippen molar-refractivity contribution in [2.24, 2.45) is 0 Å². The van der Waals surface area contributed by atoms with Crippen LogP contribution in [-0.2, 0) is 0 Å². The zero-order chi connectivity index (χ0) is 45.2. The van der Waals surface area contributed by atoms with Crippen LogP contribution in [0.4, 0.5) is 0 Å². The Balaban J connectivity index is 1.04. The molecular weight excluding hydrogens is 843 g/mol. The van der Waals surface area contributed by atoms with Crippen molar-refractivity contribution >= 4 is 97.9 Å². The van der Waals surface area contributed by atoms with Gasteiger partial charge in [-0.25, -0.2) is 4.98 Å². The van der Waals surface area contributed by atoms with Crippen molar-refractivity contribution in [3.63, 3.8) is 0 Å². The summed E-state index contributed by atoms with van der Waals surface area (Å²) in [7, 11) is 0. The number of aromatic nitrogens is 5. The zero-order valence-electron chi connectivity index (χ0n) is 37.0. The molecule has 0 amide bonds. The molecule has 6 heteroatoms. The predicted molar refractivity (Wildman–Crippen MR) is 285 cm³/mol. The van der Waals surface area contributed by atoms with Gasteiger partial charge in [-0.1, -0.05) is 188 Å². The number of furan rings is 1. The van der Waals surface area contributed by atoms with Crippen LogP contribution in [0.25, 0.3) is 143 Å². The minimum Gasteiger partial charge on any atom is -0.455 e. The van der Waals surface area contributed by atoms with E-state index in [1.165, 1.54) is 32.3 Å². The minimum absolute atomic E-state index is 0.518. The summed E-state index contributed by atoms with van der Waals surface area (Å²) in [5, 5.41) is 14.1. The normalized spacial score (nSPS) is 12.1. The van der Waals surface area contributed by atoms with Gasteiger partial charge in [0.15, 0.2) is 11.6 Å². The molecule has 0 saturated carbocycles. The Kier molecular flexibility index (Phi) is 7.97.